The molecule has 5 heterocycles. The van der Waals surface area contributed by atoms with Crippen LogP contribution >= 0.6 is 0 Å². The number of amides is 3. The van der Waals surface area contributed by atoms with Crippen molar-refractivity contribution in [3.8, 4) is 5.88 Å². The summed E-state index contributed by atoms with van der Waals surface area (Å²) >= 11 is 0. The maximum absolute atomic E-state index is 13.2. The number of rotatable bonds is 5. The molecular weight excluding hydrogens is 454 g/mol. The maximum Gasteiger partial charge on any atom is 0.259 e. The van der Waals surface area contributed by atoms with Gasteiger partial charge in [-0.25, -0.2) is 0 Å². The van der Waals surface area contributed by atoms with Gasteiger partial charge < -0.3 is 34.3 Å². The summed E-state index contributed by atoms with van der Waals surface area (Å²) in [6.07, 6.45) is 1.65. The minimum Gasteiger partial charge on any atom is -0.468 e. The van der Waals surface area contributed by atoms with Crippen LogP contribution in [0.15, 0.2) is 22.8 Å². The van der Waals surface area contributed by atoms with E-state index >= 15 is 0 Å². The van der Waals surface area contributed by atoms with E-state index in [9.17, 15) is 14.4 Å². The number of carbonyl (C=O) groups excluding carboxylic acids is 3. The molecule has 2 fully saturated rings. The lowest BCUT2D eigenvalue weighted by molar-refractivity contribution is -0.129. The lowest BCUT2D eigenvalue weighted by atomic mass is 9.91. The molecule has 0 bridgehead atoms. The monoisotopic (exact) mass is 483 g/mol. The number of pyridine rings is 1. The summed E-state index contributed by atoms with van der Waals surface area (Å²) in [5.41, 5.74) is 0.358. The van der Waals surface area contributed by atoms with Gasteiger partial charge >= 0.3 is 0 Å². The smallest absolute Gasteiger partial charge is 0.259 e. The minimum absolute atomic E-state index is 0.0587. The van der Waals surface area contributed by atoms with Gasteiger partial charge in [0.25, 0.3) is 11.8 Å². The Kier molecular flexibility index (Phi) is 5.87. The van der Waals surface area contributed by atoms with Crippen LogP contribution in [0.3, 0.4) is 0 Å². The summed E-state index contributed by atoms with van der Waals surface area (Å²) in [4.78, 5) is 46.0. The number of hydrogen-bond donors (Lipinski definition) is 2. The van der Waals surface area contributed by atoms with Gasteiger partial charge in [0.15, 0.2) is 0 Å². The first kappa shape index (κ1) is 23.2. The van der Waals surface area contributed by atoms with Crippen molar-refractivity contribution in [1.29, 1.82) is 0 Å². The Morgan fingerprint density at radius 1 is 1.20 bits per heavy atom. The van der Waals surface area contributed by atoms with E-state index in [1.54, 1.807) is 17.9 Å². The highest BCUT2D eigenvalue weighted by Gasteiger charge is 2.36. The van der Waals surface area contributed by atoms with Gasteiger partial charge in [0, 0.05) is 45.1 Å². The SMILES string of the molecule is CC(=O)N1CCN(c2ccc(NC(=O)c3coc4c3C(=O)NC(C)(C)C4)c(OC3COC3)n2)CC1. The predicted octanol–water partition coefficient (Wildman–Crippen LogP) is 1.44. The van der Waals surface area contributed by atoms with Gasteiger partial charge in [0.2, 0.25) is 11.8 Å². The van der Waals surface area contributed by atoms with E-state index in [1.807, 2.05) is 19.9 Å². The van der Waals surface area contributed by atoms with Crippen LogP contribution in [0.2, 0.25) is 0 Å². The largest absolute Gasteiger partial charge is 0.468 e. The van der Waals surface area contributed by atoms with Crippen LogP contribution in [-0.4, -0.2) is 78.6 Å². The lowest BCUT2D eigenvalue weighted by Gasteiger charge is -2.35. The maximum atomic E-state index is 13.2. The average molecular weight is 484 g/mol. The van der Waals surface area contributed by atoms with Crippen LogP contribution in [0, 0.1) is 0 Å². The Morgan fingerprint density at radius 3 is 2.60 bits per heavy atom. The number of anilines is 2. The van der Waals surface area contributed by atoms with Gasteiger partial charge in [0.1, 0.15) is 29.6 Å². The molecule has 3 amide bonds. The first-order valence-electron chi connectivity index (χ1n) is 11.7. The minimum atomic E-state index is -0.482. The molecule has 3 aliphatic heterocycles. The average Bonchev–Trinajstić information content (AvgIpc) is 3.20. The number of ether oxygens (including phenoxy) is 2. The quantitative estimate of drug-likeness (QED) is 0.654. The number of furan rings is 1. The highest BCUT2D eigenvalue weighted by Crippen LogP contribution is 2.31. The third-order valence-corrected chi connectivity index (χ3v) is 6.42. The van der Waals surface area contributed by atoms with Crippen LogP contribution in [-0.2, 0) is 16.0 Å². The topological polar surface area (TPSA) is 126 Å². The Labute approximate surface area is 202 Å². The fourth-order valence-electron chi connectivity index (χ4n) is 4.43. The number of nitrogens with zero attached hydrogens (tertiary/aromatic N) is 3. The Hall–Kier alpha value is -3.60. The fraction of sp³-hybridized carbons (Fsp3) is 0.500. The molecule has 2 aromatic rings. The molecule has 0 spiro atoms. The summed E-state index contributed by atoms with van der Waals surface area (Å²) in [6.45, 7) is 8.80. The number of fused-ring (bicyclic) bond motifs is 1. The molecule has 2 saturated heterocycles. The molecule has 5 rings (SSSR count). The first-order valence-corrected chi connectivity index (χ1v) is 11.7. The van der Waals surface area contributed by atoms with Crippen molar-refractivity contribution in [1.82, 2.24) is 15.2 Å². The van der Waals surface area contributed by atoms with Crippen molar-refractivity contribution in [3.05, 3.63) is 35.3 Å². The predicted molar refractivity (Wildman–Crippen MR) is 126 cm³/mol. The Balaban J connectivity index is 1.37. The number of hydrogen-bond acceptors (Lipinski definition) is 8. The van der Waals surface area contributed by atoms with Gasteiger partial charge in [-0.15, -0.1) is 0 Å². The van der Waals surface area contributed by atoms with Crippen LogP contribution in [0.5, 0.6) is 5.88 Å². The van der Waals surface area contributed by atoms with Gasteiger partial charge in [-0.3, -0.25) is 14.4 Å². The van der Waals surface area contributed by atoms with Crippen LogP contribution in [0.25, 0.3) is 0 Å². The number of aromatic nitrogens is 1. The zero-order chi connectivity index (χ0) is 24.7. The van der Waals surface area contributed by atoms with Crippen molar-refractivity contribution >= 4 is 29.2 Å². The van der Waals surface area contributed by atoms with Crippen molar-refractivity contribution in [2.45, 2.75) is 38.8 Å². The molecule has 0 radical (unpaired) electrons. The zero-order valence-corrected chi connectivity index (χ0v) is 20.1. The van der Waals surface area contributed by atoms with E-state index in [0.717, 1.165) is 0 Å². The Morgan fingerprint density at radius 2 is 1.94 bits per heavy atom. The molecule has 186 valence electrons. The van der Waals surface area contributed by atoms with Gasteiger partial charge in [0.05, 0.1) is 24.3 Å². The summed E-state index contributed by atoms with van der Waals surface area (Å²) in [5, 5.41) is 5.74. The van der Waals surface area contributed by atoms with E-state index < -0.39 is 11.4 Å². The van der Waals surface area contributed by atoms with Crippen LogP contribution in [0.1, 0.15) is 47.2 Å². The molecule has 3 aliphatic rings. The van der Waals surface area contributed by atoms with E-state index in [-0.39, 0.29) is 34.9 Å². The Bertz CT molecular complexity index is 1160. The fourth-order valence-corrected chi connectivity index (χ4v) is 4.43. The molecule has 35 heavy (non-hydrogen) atoms. The van der Waals surface area contributed by atoms with Gasteiger partial charge in [-0.2, -0.15) is 4.98 Å². The van der Waals surface area contributed by atoms with Gasteiger partial charge in [-0.05, 0) is 26.0 Å². The molecule has 0 aromatic carbocycles. The molecule has 2 aromatic heterocycles. The number of carbonyl (C=O) groups is 3. The summed E-state index contributed by atoms with van der Waals surface area (Å²) < 4.78 is 16.8. The van der Waals surface area contributed by atoms with Crippen LogP contribution < -0.4 is 20.3 Å². The third-order valence-electron chi connectivity index (χ3n) is 6.42. The van der Waals surface area contributed by atoms with Crippen molar-refractivity contribution in [2.24, 2.45) is 0 Å². The first-order chi connectivity index (χ1) is 16.7. The number of piperazine rings is 1. The molecule has 0 aliphatic carbocycles. The van der Waals surface area contributed by atoms with E-state index in [0.29, 0.717) is 63.1 Å². The second-order valence-corrected chi connectivity index (χ2v) is 9.71. The highest BCUT2D eigenvalue weighted by molar-refractivity contribution is 6.13. The standard InChI is InChI=1S/C24H29N5O6/c1-14(30)28-6-8-29(9-7-28)19-5-4-17(23(26-19)35-15-11-33-12-15)25-21(31)16-13-34-18-10-24(2,3)27-22(32)20(16)18/h4-5,13,15H,6-12H2,1-3H3,(H,25,31)(H,27,32). The van der Waals surface area contributed by atoms with Crippen molar-refractivity contribution in [3.63, 3.8) is 0 Å². The molecule has 2 N–H and O–H groups in total. The molecule has 11 heteroatoms. The highest BCUT2D eigenvalue weighted by atomic mass is 16.6. The normalized spacial score (nSPS) is 19.5. The third kappa shape index (κ3) is 4.68. The second-order valence-electron chi connectivity index (χ2n) is 9.71. The van der Waals surface area contributed by atoms with Crippen molar-refractivity contribution < 1.29 is 28.3 Å². The van der Waals surface area contributed by atoms with E-state index in [2.05, 4.69) is 20.5 Å². The molecule has 0 atom stereocenters. The number of nitrogens with one attached hydrogen (secondary N) is 2. The summed E-state index contributed by atoms with van der Waals surface area (Å²) in [6, 6.07) is 3.55. The van der Waals surface area contributed by atoms with E-state index in [1.165, 1.54) is 6.26 Å². The van der Waals surface area contributed by atoms with Gasteiger partial charge in [-0.1, -0.05) is 0 Å². The summed E-state index contributed by atoms with van der Waals surface area (Å²) in [7, 11) is 0. The molecule has 0 saturated carbocycles. The van der Waals surface area contributed by atoms with E-state index in [4.69, 9.17) is 13.9 Å². The zero-order valence-electron chi connectivity index (χ0n) is 20.1. The van der Waals surface area contributed by atoms with Crippen molar-refractivity contribution in [2.75, 3.05) is 49.6 Å². The second kappa shape index (κ2) is 8.88. The van der Waals surface area contributed by atoms with Crippen LogP contribution in [0.4, 0.5) is 11.5 Å². The summed E-state index contributed by atoms with van der Waals surface area (Å²) in [5.74, 6) is 0.707. The molecule has 0 unspecified atom stereocenters. The molecular formula is C24H29N5O6. The molecule has 11 nitrogen and oxygen atoms in total. The lowest BCUT2D eigenvalue weighted by Crippen LogP contribution is -2.49.